The molecular formula is C98H101N35O11. The summed E-state index contributed by atoms with van der Waals surface area (Å²) in [5.74, 6) is 5.58. The number of allylic oxidation sites excluding steroid dienone is 1. The van der Waals surface area contributed by atoms with Gasteiger partial charge in [-0.1, -0.05) is 103 Å². The second-order valence-electron chi connectivity index (χ2n) is 33.6. The van der Waals surface area contributed by atoms with Crippen molar-refractivity contribution in [3.63, 3.8) is 0 Å². The minimum atomic E-state index is -0.330. The highest BCUT2D eigenvalue weighted by Gasteiger charge is 2.25. The number of hydrogen-bond acceptors (Lipinski definition) is 38. The van der Waals surface area contributed by atoms with Crippen molar-refractivity contribution in [1.29, 1.82) is 0 Å². The molecule has 6 aliphatic heterocycles. The molecule has 0 unspecified atom stereocenters. The van der Waals surface area contributed by atoms with Gasteiger partial charge >= 0.3 is 35.7 Å². The molecule has 3 aromatic carbocycles. The Morgan fingerprint density at radius 3 is 1.47 bits per heavy atom. The lowest BCUT2D eigenvalue weighted by molar-refractivity contribution is -0.142. The highest BCUT2D eigenvalue weighted by molar-refractivity contribution is 5.87. The van der Waals surface area contributed by atoms with E-state index in [1.54, 1.807) is 48.3 Å². The number of imidazole rings is 6. The molecule has 0 spiro atoms. The van der Waals surface area contributed by atoms with Crippen LogP contribution in [0.15, 0.2) is 211 Å². The Morgan fingerprint density at radius 2 is 0.868 bits per heavy atom. The van der Waals surface area contributed by atoms with Crippen molar-refractivity contribution in [1.82, 2.24) is 132 Å². The fraction of sp³-hybridized carbons (Fsp3) is 0.265. The second-order valence-corrected chi connectivity index (χ2v) is 33.6. The van der Waals surface area contributed by atoms with Gasteiger partial charge in [-0.2, -0.15) is 59.8 Å². The van der Waals surface area contributed by atoms with Crippen LogP contribution in [0.2, 0.25) is 0 Å². The number of carbonyl (C=O) groups excluding carboxylic acids is 1. The number of likely N-dealkylation sites (N-methyl/N-ethyl adjacent to an activating group) is 1. The number of carbonyl (C=O) groups is 1. The number of esters is 1. The van der Waals surface area contributed by atoms with Gasteiger partial charge in [0.05, 0.1) is 97.4 Å². The van der Waals surface area contributed by atoms with E-state index < -0.39 is 0 Å². The lowest BCUT2D eigenvalue weighted by Crippen LogP contribution is -2.27. The van der Waals surface area contributed by atoms with Gasteiger partial charge in [0.2, 0.25) is 11.9 Å². The number of H-pyrrole nitrogens is 1. The first-order chi connectivity index (χ1) is 70.3. The number of nitrogens with zero attached hydrogens (tertiary/aromatic N) is 27. The van der Waals surface area contributed by atoms with E-state index in [9.17, 15) is 14.4 Å². The largest absolute Gasteiger partial charge is 0.490 e. The minimum absolute atomic E-state index is 0.0692. The summed E-state index contributed by atoms with van der Waals surface area (Å²) in [5, 5.41) is 3.12. The number of rotatable bonds is 0. The zero-order valence-corrected chi connectivity index (χ0v) is 78.6. The molecule has 0 amide bonds. The maximum Gasteiger partial charge on any atom is 0.328 e. The van der Waals surface area contributed by atoms with Gasteiger partial charge in [0.25, 0.3) is 5.56 Å². The standard InChI is InChI=1S/C18H20N6O2.C17H17N5O.2C16H16N6O2.C16H15N5O2.C15H17N7O2/c1-11-20-15-16(19)21-18-22-17(15)24(11)10-13-5-3-4-12(8-13)9-14(25)26-7-6-23(18)2;18-15-14-16-21-17(20-15)23-8-3-1-2-5-12-6-4-7-13(9-12)10-22(16)11-19-14;2*17-14-13-15-21-16(20-14)24-8-3-1-2-7-23-12-5-4-6-18-11(12)9-22(15)10-19-13;17-14-13-15-20-16(19-14)23-7-2-1-6-22-12-5-3-4-11(8-12)9-21(15)10-18-13;16-12-11-13-20-14(19-12)17-6-1-2-7-21-9(4-3-5-10(21)23)8-22(13)15(24)18-11/h3-5,8H,6-7,9-10H2,1-2H3,(H2,19,21,22);1-2,4,6-7,9,11H,3,5,8,10H2,(H2,18,20,21);2*1-2,4-6,10H,3,7-9H2,(H2,17,20,21);1-5,8,10H,6-7,9H2,(H2,17,19,20);3-5H,1-2,6-8H2,(H,18,24)(H3,16,17,19,20)/b;2-1-;2-1+;2*2-1-;. The van der Waals surface area contributed by atoms with Crippen molar-refractivity contribution in [3.8, 4) is 41.3 Å². The second kappa shape index (κ2) is 43.6. The molecule has 24 rings (SSSR count). The van der Waals surface area contributed by atoms with Gasteiger partial charge in [0.1, 0.15) is 73.0 Å². The van der Waals surface area contributed by atoms with Crippen LogP contribution in [0.4, 0.5) is 46.8 Å². The summed E-state index contributed by atoms with van der Waals surface area (Å²) in [6, 6.07) is 38.0. The van der Waals surface area contributed by atoms with Gasteiger partial charge in [-0.25, -0.2) is 29.7 Å². The predicted octanol–water partition coefficient (Wildman–Crippen LogP) is 8.68. The van der Waals surface area contributed by atoms with E-state index >= 15 is 0 Å². The Bertz CT molecular complexity index is 7840. The summed E-state index contributed by atoms with van der Waals surface area (Å²) in [7, 11) is 1.84. The number of fused-ring (bicyclic) bond motifs is 15. The molecular weight excluding hydrogens is 1840 g/mol. The maximum absolute atomic E-state index is 12.3. The van der Waals surface area contributed by atoms with Crippen LogP contribution >= 0.6 is 0 Å². The number of nitrogens with two attached hydrogens (primary N) is 6. The van der Waals surface area contributed by atoms with Gasteiger partial charge in [-0.05, 0) is 128 Å². The van der Waals surface area contributed by atoms with Crippen molar-refractivity contribution < 1.29 is 42.7 Å². The zero-order valence-electron chi connectivity index (χ0n) is 78.6. The molecule has 6 aliphatic rings. The molecule has 0 saturated carbocycles. The first-order valence-corrected chi connectivity index (χ1v) is 46.5. The SMILES string of the molecule is Cc1nc2c(N)nc3nc2n1Cc1cccc(c1)CC(=O)OCCN3C.Nc1nc2nc3c1[nH]c(=O)n3Cc1cccc(=O)n1CCCCN2.Nc1nc2nc3c1ncn3Cc1cccc(c1)C/C=C\CCO2.Nc1nc2nc3c1ncn3Cc1cccc(c1)OC/C=C\CO2.Nc1nc2nc3c1ncn3Cc1ncccc1OC/C=C/CCO2.Nc1nc2nc3c1ncn3Cc1ncccc1OC/C=C\CCO2. The van der Waals surface area contributed by atoms with Gasteiger partial charge in [0, 0.05) is 44.3 Å². The molecule has 18 aromatic rings. The number of aromatic nitrogens is 27. The normalized spacial score (nSPS) is 15.6. The molecule has 0 saturated heterocycles. The average molecular weight is 1950 g/mol. The highest BCUT2D eigenvalue weighted by Crippen LogP contribution is 2.31. The molecule has 46 nitrogen and oxygen atoms in total. The number of anilines is 8. The summed E-state index contributed by atoms with van der Waals surface area (Å²) in [5.41, 5.74) is 50.5. The van der Waals surface area contributed by atoms with Crippen LogP contribution in [-0.2, 0) is 68.2 Å². The van der Waals surface area contributed by atoms with Crippen LogP contribution in [0.1, 0.15) is 82.8 Å². The Labute approximate surface area is 819 Å². The quantitative estimate of drug-likeness (QED) is 0.0519. The van der Waals surface area contributed by atoms with Crippen LogP contribution in [0.5, 0.6) is 41.3 Å². The molecule has 0 radical (unpaired) electrons. The third-order valence-electron chi connectivity index (χ3n) is 23.4. The van der Waals surface area contributed by atoms with Gasteiger partial charge in [0.15, 0.2) is 96.4 Å². The van der Waals surface area contributed by atoms with Crippen LogP contribution < -0.4 is 89.0 Å². The lowest BCUT2D eigenvalue weighted by Gasteiger charge is -2.18. The molecule has 15 aromatic heterocycles. The monoisotopic (exact) mass is 1940 g/mol. The third-order valence-corrected chi connectivity index (χ3v) is 23.4. The lowest BCUT2D eigenvalue weighted by atomic mass is 10.1. The molecule has 734 valence electrons. The predicted molar refractivity (Wildman–Crippen MR) is 537 cm³/mol. The Balaban J connectivity index is 0.000000109. The van der Waals surface area contributed by atoms with Crippen molar-refractivity contribution in [2.24, 2.45) is 0 Å². The van der Waals surface area contributed by atoms with Gasteiger partial charge < -0.3 is 115 Å². The average Bonchev–Trinajstić information content (AvgIpc) is 1.62. The Kier molecular flexibility index (Phi) is 28.6. The summed E-state index contributed by atoms with van der Waals surface area (Å²) in [6.45, 7) is 10.2. The molecule has 21 heterocycles. The van der Waals surface area contributed by atoms with Crippen LogP contribution in [0.25, 0.3) is 67.0 Å². The van der Waals surface area contributed by atoms with Crippen LogP contribution in [0.3, 0.4) is 0 Å². The number of ether oxygens (including phenoxy) is 8. The van der Waals surface area contributed by atoms with Gasteiger partial charge in [-0.15, -0.1) is 0 Å². The highest BCUT2D eigenvalue weighted by atomic mass is 16.5. The molecule has 0 fully saturated rings. The number of cyclic esters (lactones) is 1. The molecule has 144 heavy (non-hydrogen) atoms. The fourth-order valence-corrected chi connectivity index (χ4v) is 16.3. The van der Waals surface area contributed by atoms with Crippen molar-refractivity contribution in [3.05, 3.63) is 273 Å². The Hall–Kier alpha value is -18.6. The minimum Gasteiger partial charge on any atom is -0.490 e. The Morgan fingerprint density at radius 1 is 0.368 bits per heavy atom. The number of aromatic amines is 1. The number of nitrogen functional groups attached to an aromatic ring is 6. The summed E-state index contributed by atoms with van der Waals surface area (Å²) < 4.78 is 57.8. The summed E-state index contributed by atoms with van der Waals surface area (Å²) in [6.07, 6.45) is 31.3. The molecule has 18 bridgehead atoms. The van der Waals surface area contributed by atoms with Crippen LogP contribution in [0, 0.1) is 6.92 Å². The fourth-order valence-electron chi connectivity index (χ4n) is 16.3. The molecule has 46 heteroatoms. The van der Waals surface area contributed by atoms with E-state index in [1.165, 1.54) is 21.8 Å². The zero-order chi connectivity index (χ0) is 98.9. The first kappa shape index (κ1) is 94.4. The topological polar surface area (TPSA) is 592 Å². The number of pyridine rings is 3. The maximum atomic E-state index is 12.3. The van der Waals surface area contributed by atoms with Crippen molar-refractivity contribution >= 4 is 120 Å². The van der Waals surface area contributed by atoms with Crippen molar-refractivity contribution in [2.75, 3.05) is 118 Å². The number of aryl methyl sites for hydroxylation is 1. The third kappa shape index (κ3) is 22.4. The van der Waals surface area contributed by atoms with E-state index in [0.29, 0.717) is 213 Å². The van der Waals surface area contributed by atoms with Crippen molar-refractivity contribution in [2.45, 2.75) is 97.7 Å². The first-order valence-electron chi connectivity index (χ1n) is 46.5. The number of hydrogen-bond donors (Lipinski definition) is 8. The smallest absolute Gasteiger partial charge is 0.328 e. The summed E-state index contributed by atoms with van der Waals surface area (Å²) >= 11 is 0. The van der Waals surface area contributed by atoms with E-state index in [1.807, 2.05) is 157 Å². The molecule has 0 aliphatic carbocycles. The summed E-state index contributed by atoms with van der Waals surface area (Å²) in [4.78, 5) is 124. The van der Waals surface area contributed by atoms with E-state index in [4.69, 9.17) is 72.3 Å². The molecule has 0 atom stereocenters. The van der Waals surface area contributed by atoms with E-state index in [-0.39, 0.29) is 60.6 Å². The van der Waals surface area contributed by atoms with Crippen LogP contribution in [-0.4, -0.2) is 211 Å². The number of nitrogens with one attached hydrogen (secondary N) is 2. The van der Waals surface area contributed by atoms with Gasteiger partial charge in [-0.3, -0.25) is 24.1 Å². The van der Waals surface area contributed by atoms with E-state index in [2.05, 4.69) is 141 Å². The number of benzene rings is 3. The van der Waals surface area contributed by atoms with E-state index in [0.717, 1.165) is 95.4 Å². The molecule has 14 N–H and O–H groups in total.